The maximum Gasteiger partial charge on any atom is 0.232 e. The van der Waals surface area contributed by atoms with Gasteiger partial charge < -0.3 is 14.4 Å². The molecule has 1 amide bonds. The molecule has 0 bridgehead atoms. The highest BCUT2D eigenvalue weighted by atomic mass is 35.5. The van der Waals surface area contributed by atoms with E-state index in [2.05, 4.69) is 0 Å². The lowest BCUT2D eigenvalue weighted by Gasteiger charge is -2.51. The molecule has 182 valence electrons. The molecule has 3 aliphatic heterocycles. The number of rotatable bonds is 7. The minimum atomic E-state index is -0.644. The molecule has 2 saturated heterocycles. The molecule has 3 heterocycles. The number of carbonyl (C=O) groups is 1. The van der Waals surface area contributed by atoms with Crippen molar-refractivity contribution < 1.29 is 23.0 Å². The van der Waals surface area contributed by atoms with Crippen LogP contribution in [0, 0.1) is 17.6 Å². The lowest BCUT2D eigenvalue weighted by Crippen LogP contribution is -2.55. The Bertz CT molecular complexity index is 1050. The number of nitrogens with zero attached hydrogens (tertiary/aromatic N) is 1. The number of fused-ring (bicyclic) bond motifs is 3. The van der Waals surface area contributed by atoms with Gasteiger partial charge in [0.1, 0.15) is 5.82 Å². The van der Waals surface area contributed by atoms with E-state index in [0.717, 1.165) is 43.3 Å². The van der Waals surface area contributed by atoms with Gasteiger partial charge in [-0.1, -0.05) is 23.7 Å². The highest BCUT2D eigenvalue weighted by Gasteiger charge is 2.53. The van der Waals surface area contributed by atoms with E-state index in [9.17, 15) is 9.18 Å². The lowest BCUT2D eigenvalue weighted by molar-refractivity contribution is -0.131. The number of hydrogen-bond acceptors (Lipinski definition) is 4. The third-order valence-corrected chi connectivity index (χ3v) is 8.64. The minimum Gasteiger partial charge on any atom is -0.490 e. The number of likely N-dealkylation sites (tertiary alicyclic amines) is 1. The first kappa shape index (κ1) is 23.9. The number of benzene rings is 2. The number of carbonyl (C=O) groups excluding carboxylic acids is 1. The van der Waals surface area contributed by atoms with Gasteiger partial charge in [0.05, 0.1) is 18.5 Å². The van der Waals surface area contributed by atoms with Gasteiger partial charge in [0.15, 0.2) is 11.6 Å². The smallest absolute Gasteiger partial charge is 0.232 e. The summed E-state index contributed by atoms with van der Waals surface area (Å²) in [5, 5.41) is 0.636. The first-order valence-corrected chi connectivity index (χ1v) is 13.3. The standard InChI is InChI=1S/C26H28ClF2NO3S/c27-18-4-2-17(3-5-18)14-26-9-12-32-22(8-13-34-16-23(31)30-10-1-11-30)19(26)15-33-25-21(29)7-6-20(28)24(25)26/h2-7,19,22H,1,8-16H2/t19-,22-,26-/m0/s1. The summed E-state index contributed by atoms with van der Waals surface area (Å²) in [6, 6.07) is 9.88. The average Bonchev–Trinajstić information content (AvgIpc) is 2.79. The number of ether oxygens (including phenoxy) is 2. The van der Waals surface area contributed by atoms with Crippen molar-refractivity contribution in [1.29, 1.82) is 0 Å². The van der Waals surface area contributed by atoms with Gasteiger partial charge in [0.2, 0.25) is 5.91 Å². The van der Waals surface area contributed by atoms with Gasteiger partial charge in [-0.25, -0.2) is 8.78 Å². The van der Waals surface area contributed by atoms with Crippen molar-refractivity contribution in [1.82, 2.24) is 4.90 Å². The monoisotopic (exact) mass is 507 g/mol. The third kappa shape index (κ3) is 4.54. The molecule has 0 spiro atoms. The van der Waals surface area contributed by atoms with Crippen molar-refractivity contribution in [2.75, 3.05) is 37.8 Å². The van der Waals surface area contributed by atoms with Crippen LogP contribution in [0.1, 0.15) is 30.4 Å². The number of thioether (sulfide) groups is 1. The molecule has 0 aliphatic carbocycles. The van der Waals surface area contributed by atoms with Crippen LogP contribution in [-0.2, 0) is 21.4 Å². The number of hydrogen-bond donors (Lipinski definition) is 0. The molecule has 0 radical (unpaired) electrons. The Morgan fingerprint density at radius 1 is 1.15 bits per heavy atom. The van der Waals surface area contributed by atoms with Crippen LogP contribution in [0.2, 0.25) is 5.02 Å². The summed E-state index contributed by atoms with van der Waals surface area (Å²) in [5.41, 5.74) is 0.697. The SMILES string of the molecule is O=C(CSCC[C@@H]1OCC[C@@]2(Cc3ccc(Cl)cc3)c3c(F)ccc(F)c3OC[C@@H]12)N1CCC1. The fourth-order valence-electron chi connectivity index (χ4n) is 5.51. The number of amides is 1. The Balaban J connectivity index is 1.39. The highest BCUT2D eigenvalue weighted by molar-refractivity contribution is 7.99. The van der Waals surface area contributed by atoms with Crippen LogP contribution in [0.3, 0.4) is 0 Å². The molecule has 0 unspecified atom stereocenters. The Labute approximate surface area is 207 Å². The Morgan fingerprint density at radius 2 is 1.91 bits per heavy atom. The second kappa shape index (κ2) is 10.0. The second-order valence-electron chi connectivity index (χ2n) is 9.35. The van der Waals surface area contributed by atoms with Crippen molar-refractivity contribution in [2.24, 2.45) is 5.92 Å². The first-order valence-electron chi connectivity index (χ1n) is 11.8. The van der Waals surface area contributed by atoms with Crippen LogP contribution < -0.4 is 4.74 Å². The summed E-state index contributed by atoms with van der Waals surface area (Å²) in [6.45, 7) is 2.45. The quantitative estimate of drug-likeness (QED) is 0.480. The van der Waals surface area contributed by atoms with Gasteiger partial charge >= 0.3 is 0 Å². The van der Waals surface area contributed by atoms with Crippen LogP contribution in [0.4, 0.5) is 8.78 Å². The second-order valence-corrected chi connectivity index (χ2v) is 10.9. The van der Waals surface area contributed by atoms with Gasteiger partial charge in [-0.2, -0.15) is 11.8 Å². The molecule has 3 atom stereocenters. The third-order valence-electron chi connectivity index (χ3n) is 7.42. The molecular weight excluding hydrogens is 480 g/mol. The molecule has 0 aromatic heterocycles. The van der Waals surface area contributed by atoms with Crippen molar-refractivity contribution in [3.63, 3.8) is 0 Å². The van der Waals surface area contributed by atoms with E-state index in [1.165, 1.54) is 6.07 Å². The van der Waals surface area contributed by atoms with E-state index in [4.69, 9.17) is 21.1 Å². The van der Waals surface area contributed by atoms with Crippen molar-refractivity contribution in [3.8, 4) is 5.75 Å². The van der Waals surface area contributed by atoms with Crippen molar-refractivity contribution in [2.45, 2.75) is 37.2 Å². The molecule has 2 fully saturated rings. The predicted octanol–water partition coefficient (Wildman–Crippen LogP) is 5.25. The molecule has 4 nitrogen and oxygen atoms in total. The van der Waals surface area contributed by atoms with E-state index in [1.54, 1.807) is 11.8 Å². The normalized spacial score (nSPS) is 25.7. The zero-order valence-corrected chi connectivity index (χ0v) is 20.5. The van der Waals surface area contributed by atoms with E-state index in [1.807, 2.05) is 29.2 Å². The van der Waals surface area contributed by atoms with Crippen LogP contribution in [0.15, 0.2) is 36.4 Å². The van der Waals surface area contributed by atoms with Crippen molar-refractivity contribution >= 4 is 29.3 Å². The van der Waals surface area contributed by atoms with E-state index in [0.29, 0.717) is 35.8 Å². The maximum absolute atomic E-state index is 15.3. The summed E-state index contributed by atoms with van der Waals surface area (Å²) < 4.78 is 42.0. The molecule has 2 aromatic carbocycles. The zero-order chi connectivity index (χ0) is 23.7. The minimum absolute atomic E-state index is 0.0281. The highest BCUT2D eigenvalue weighted by Crippen LogP contribution is 2.52. The predicted molar refractivity (Wildman–Crippen MR) is 130 cm³/mol. The Kier molecular flexibility index (Phi) is 7.05. The zero-order valence-electron chi connectivity index (χ0n) is 18.9. The molecule has 8 heteroatoms. The van der Waals surface area contributed by atoms with Gasteiger partial charge in [0, 0.05) is 41.6 Å². The summed E-state index contributed by atoms with van der Waals surface area (Å²) in [5.74, 6) is 0.333. The molecule has 34 heavy (non-hydrogen) atoms. The van der Waals surface area contributed by atoms with E-state index in [-0.39, 0.29) is 30.3 Å². The maximum atomic E-state index is 15.3. The van der Waals surface area contributed by atoms with E-state index >= 15 is 4.39 Å². The summed E-state index contributed by atoms with van der Waals surface area (Å²) >= 11 is 7.69. The molecule has 2 aromatic rings. The van der Waals surface area contributed by atoms with Crippen LogP contribution in [0.25, 0.3) is 0 Å². The average molecular weight is 508 g/mol. The molecule has 3 aliphatic rings. The van der Waals surface area contributed by atoms with Crippen LogP contribution in [0.5, 0.6) is 5.75 Å². The molecule has 0 saturated carbocycles. The van der Waals surface area contributed by atoms with Gasteiger partial charge in [-0.3, -0.25) is 4.79 Å². The molecule has 5 rings (SSSR count). The topological polar surface area (TPSA) is 38.8 Å². The lowest BCUT2D eigenvalue weighted by atomic mass is 9.60. The Hall–Kier alpha value is -1.83. The van der Waals surface area contributed by atoms with Gasteiger partial charge in [-0.15, -0.1) is 0 Å². The van der Waals surface area contributed by atoms with Crippen LogP contribution in [-0.4, -0.2) is 54.7 Å². The summed E-state index contributed by atoms with van der Waals surface area (Å²) in [7, 11) is 0. The summed E-state index contributed by atoms with van der Waals surface area (Å²) in [4.78, 5) is 14.0. The summed E-state index contributed by atoms with van der Waals surface area (Å²) in [6.07, 6.45) is 2.77. The fourth-order valence-corrected chi connectivity index (χ4v) is 6.54. The molecule has 0 N–H and O–H groups in total. The fraction of sp³-hybridized carbons (Fsp3) is 0.500. The first-order chi connectivity index (χ1) is 16.5. The largest absolute Gasteiger partial charge is 0.490 e. The van der Waals surface area contributed by atoms with Gasteiger partial charge in [-0.05, 0) is 61.3 Å². The van der Waals surface area contributed by atoms with E-state index < -0.39 is 17.0 Å². The van der Waals surface area contributed by atoms with Crippen LogP contribution >= 0.6 is 23.4 Å². The Morgan fingerprint density at radius 3 is 2.65 bits per heavy atom. The number of halogens is 3. The molecular formula is C26H28ClF2NO3S. The van der Waals surface area contributed by atoms with Crippen molar-refractivity contribution in [3.05, 3.63) is 64.2 Å². The van der Waals surface area contributed by atoms with Gasteiger partial charge in [0.25, 0.3) is 0 Å².